The number of likely N-dealkylation sites (tertiary alicyclic amines) is 1. The largest absolute Gasteiger partial charge is 0.446 e. The van der Waals surface area contributed by atoms with E-state index in [1.165, 1.54) is 6.07 Å². The summed E-state index contributed by atoms with van der Waals surface area (Å²) in [5.74, 6) is -0.445. The van der Waals surface area contributed by atoms with Crippen molar-refractivity contribution >= 4 is 29.7 Å². The molecule has 7 nitrogen and oxygen atoms in total. The molecule has 0 saturated carbocycles. The molecule has 0 atom stereocenters. The van der Waals surface area contributed by atoms with Crippen LogP contribution in [0.2, 0.25) is 0 Å². The smallest absolute Gasteiger partial charge is 0.417 e. The number of carbonyl (C=O) groups is 3. The summed E-state index contributed by atoms with van der Waals surface area (Å²) < 4.78 is 46.3. The first kappa shape index (κ1) is 30.8. The van der Waals surface area contributed by atoms with Gasteiger partial charge in [0.25, 0.3) is 0 Å². The van der Waals surface area contributed by atoms with Crippen LogP contribution in [0.3, 0.4) is 0 Å². The van der Waals surface area contributed by atoms with E-state index in [1.807, 2.05) is 48.5 Å². The SMILES string of the molecule is C[N+]1(C)CCC(OC(=O)Nc2cc(CCCC(=O)Nc3ccc(C=O)c(C(F)(F)F)c3)ccc2-c2ccccc2)CC1. The van der Waals surface area contributed by atoms with Crippen molar-refractivity contribution in [2.24, 2.45) is 0 Å². The van der Waals surface area contributed by atoms with Crippen molar-refractivity contribution in [3.8, 4) is 11.1 Å². The molecule has 222 valence electrons. The molecule has 1 aliphatic rings. The number of carbonyl (C=O) groups excluding carboxylic acids is 3. The lowest BCUT2D eigenvalue weighted by molar-refractivity contribution is -0.896. The minimum Gasteiger partial charge on any atom is -0.446 e. The van der Waals surface area contributed by atoms with Crippen molar-refractivity contribution in [1.29, 1.82) is 0 Å². The van der Waals surface area contributed by atoms with E-state index in [0.717, 1.165) is 59.2 Å². The third-order valence-corrected chi connectivity index (χ3v) is 7.43. The summed E-state index contributed by atoms with van der Waals surface area (Å²) in [6.07, 6.45) is -2.64. The van der Waals surface area contributed by atoms with Gasteiger partial charge in [-0.3, -0.25) is 14.9 Å². The number of aldehydes is 1. The Morgan fingerprint density at radius 3 is 2.36 bits per heavy atom. The third-order valence-electron chi connectivity index (χ3n) is 7.43. The summed E-state index contributed by atoms with van der Waals surface area (Å²) in [4.78, 5) is 36.3. The first-order chi connectivity index (χ1) is 19.9. The number of nitrogens with zero attached hydrogens (tertiary/aromatic N) is 1. The number of quaternary nitrogens is 1. The molecule has 0 spiro atoms. The topological polar surface area (TPSA) is 84.5 Å². The fourth-order valence-corrected chi connectivity index (χ4v) is 5.03. The van der Waals surface area contributed by atoms with Gasteiger partial charge in [-0.2, -0.15) is 13.2 Å². The molecule has 3 aromatic rings. The summed E-state index contributed by atoms with van der Waals surface area (Å²) in [5, 5.41) is 5.39. The van der Waals surface area contributed by atoms with Gasteiger partial charge < -0.3 is 14.5 Å². The Bertz CT molecular complexity index is 1410. The number of ether oxygens (including phenoxy) is 1. The molecule has 2 amide bonds. The summed E-state index contributed by atoms with van der Waals surface area (Å²) >= 11 is 0. The molecular weight excluding hydrogens is 547 g/mol. The Morgan fingerprint density at radius 1 is 0.976 bits per heavy atom. The zero-order valence-corrected chi connectivity index (χ0v) is 23.7. The lowest BCUT2D eigenvalue weighted by atomic mass is 9.99. The number of aryl methyl sites for hydroxylation is 1. The molecule has 42 heavy (non-hydrogen) atoms. The number of alkyl halides is 3. The number of rotatable bonds is 9. The number of halogens is 3. The highest BCUT2D eigenvalue weighted by molar-refractivity contribution is 5.92. The molecule has 2 N–H and O–H groups in total. The van der Waals surface area contributed by atoms with Crippen LogP contribution in [0.5, 0.6) is 0 Å². The van der Waals surface area contributed by atoms with E-state index in [2.05, 4.69) is 24.7 Å². The van der Waals surface area contributed by atoms with Crippen molar-refractivity contribution in [2.45, 2.75) is 44.4 Å². The maximum Gasteiger partial charge on any atom is 0.417 e. The minimum atomic E-state index is -4.71. The van der Waals surface area contributed by atoms with Crippen LogP contribution >= 0.6 is 0 Å². The summed E-state index contributed by atoms with van der Waals surface area (Å²) in [6, 6.07) is 18.4. The van der Waals surface area contributed by atoms with Crippen LogP contribution in [0.15, 0.2) is 66.7 Å². The first-order valence-corrected chi connectivity index (χ1v) is 13.9. The van der Waals surface area contributed by atoms with Gasteiger partial charge in [0.05, 0.1) is 38.4 Å². The number of hydrogen-bond acceptors (Lipinski definition) is 4. The Morgan fingerprint density at radius 2 is 1.69 bits per heavy atom. The lowest BCUT2D eigenvalue weighted by Crippen LogP contribution is -2.48. The molecule has 0 unspecified atom stereocenters. The molecule has 1 heterocycles. The molecule has 4 rings (SSSR count). The zero-order chi connectivity index (χ0) is 30.3. The first-order valence-electron chi connectivity index (χ1n) is 13.9. The van der Waals surface area contributed by atoms with Crippen LogP contribution < -0.4 is 10.6 Å². The maximum atomic E-state index is 13.2. The van der Waals surface area contributed by atoms with E-state index in [1.54, 1.807) is 0 Å². The van der Waals surface area contributed by atoms with Crippen molar-refractivity contribution in [2.75, 3.05) is 37.8 Å². The number of nitrogens with one attached hydrogen (secondary N) is 2. The maximum absolute atomic E-state index is 13.2. The van der Waals surface area contributed by atoms with E-state index in [4.69, 9.17) is 4.74 Å². The summed E-state index contributed by atoms with van der Waals surface area (Å²) in [7, 11) is 4.32. The van der Waals surface area contributed by atoms with Crippen LogP contribution in [-0.2, 0) is 22.1 Å². The molecule has 0 aliphatic carbocycles. The summed E-state index contributed by atoms with van der Waals surface area (Å²) in [6.45, 7) is 1.87. The van der Waals surface area contributed by atoms with Gasteiger partial charge in [0.1, 0.15) is 6.10 Å². The van der Waals surface area contributed by atoms with Crippen molar-refractivity contribution < 1.29 is 36.8 Å². The third kappa shape index (κ3) is 8.42. The molecule has 1 saturated heterocycles. The fourth-order valence-electron chi connectivity index (χ4n) is 5.03. The van der Waals surface area contributed by atoms with Crippen molar-refractivity contribution in [1.82, 2.24) is 0 Å². The van der Waals surface area contributed by atoms with Crippen LogP contribution in [0.4, 0.5) is 29.3 Å². The van der Waals surface area contributed by atoms with Gasteiger partial charge in [0, 0.05) is 36.1 Å². The number of piperidine rings is 1. The standard InChI is InChI=1S/C32H34F3N3O4/c1-38(2)17-15-26(16-18-38)42-31(41)37-29-19-22(11-14-27(29)23-8-4-3-5-9-23)7-6-10-30(40)36-25-13-12-24(21-39)28(20-25)32(33,34)35/h3-5,8-9,11-14,19-21,26H,6-7,10,15-18H2,1-2H3,(H-,36,37,39,40,41)/p+1. The Kier molecular flexibility index (Phi) is 9.67. The fraction of sp³-hybridized carbons (Fsp3) is 0.344. The van der Waals surface area contributed by atoms with Gasteiger partial charge in [0.15, 0.2) is 6.29 Å². The second-order valence-electron chi connectivity index (χ2n) is 11.2. The molecule has 1 fully saturated rings. The minimum absolute atomic E-state index is 0.0318. The monoisotopic (exact) mass is 582 g/mol. The second-order valence-corrected chi connectivity index (χ2v) is 11.2. The van der Waals surface area contributed by atoms with Crippen LogP contribution in [0.25, 0.3) is 11.1 Å². The quantitative estimate of drug-likeness (QED) is 0.212. The highest BCUT2D eigenvalue weighted by Gasteiger charge is 2.33. The van der Waals surface area contributed by atoms with Gasteiger partial charge in [-0.1, -0.05) is 42.5 Å². The van der Waals surface area contributed by atoms with E-state index in [9.17, 15) is 27.6 Å². The van der Waals surface area contributed by atoms with Gasteiger partial charge in [0.2, 0.25) is 5.91 Å². The molecular formula is C32H35F3N3O4+. The molecule has 0 aromatic heterocycles. The van der Waals surface area contributed by atoms with Crippen LogP contribution in [-0.4, -0.2) is 56.1 Å². The highest BCUT2D eigenvalue weighted by atomic mass is 19.4. The molecule has 0 bridgehead atoms. The number of benzene rings is 3. The molecule has 3 aromatic carbocycles. The average Bonchev–Trinajstić information content (AvgIpc) is 2.94. The van der Waals surface area contributed by atoms with E-state index in [-0.39, 0.29) is 24.5 Å². The summed E-state index contributed by atoms with van der Waals surface area (Å²) in [5.41, 5.74) is 1.60. The Hall–Kier alpha value is -4.18. The number of anilines is 2. The Balaban J connectivity index is 1.39. The van der Waals surface area contributed by atoms with Gasteiger partial charge in [-0.15, -0.1) is 0 Å². The van der Waals surface area contributed by atoms with E-state index < -0.39 is 29.3 Å². The average molecular weight is 583 g/mol. The predicted octanol–water partition coefficient (Wildman–Crippen LogP) is 6.93. The van der Waals surface area contributed by atoms with Gasteiger partial charge >= 0.3 is 12.3 Å². The normalized spacial score (nSPS) is 15.1. The molecule has 1 aliphatic heterocycles. The molecule has 10 heteroatoms. The Labute approximate surface area is 243 Å². The van der Waals surface area contributed by atoms with Crippen LogP contribution in [0.1, 0.15) is 47.2 Å². The van der Waals surface area contributed by atoms with E-state index >= 15 is 0 Å². The number of amides is 2. The second kappa shape index (κ2) is 13.2. The predicted molar refractivity (Wildman–Crippen MR) is 155 cm³/mol. The van der Waals surface area contributed by atoms with Crippen molar-refractivity contribution in [3.05, 3.63) is 83.4 Å². The van der Waals surface area contributed by atoms with Crippen LogP contribution in [0, 0.1) is 0 Å². The highest BCUT2D eigenvalue weighted by Crippen LogP contribution is 2.33. The zero-order valence-electron chi connectivity index (χ0n) is 23.7. The molecule has 0 radical (unpaired) electrons. The van der Waals surface area contributed by atoms with Gasteiger partial charge in [-0.05, 0) is 48.2 Å². The van der Waals surface area contributed by atoms with Crippen molar-refractivity contribution in [3.63, 3.8) is 0 Å². The van der Waals surface area contributed by atoms with Gasteiger partial charge in [-0.25, -0.2) is 4.79 Å². The van der Waals surface area contributed by atoms with E-state index in [0.29, 0.717) is 18.5 Å². The number of hydrogen-bond donors (Lipinski definition) is 2. The lowest BCUT2D eigenvalue weighted by Gasteiger charge is -2.36.